The number of hydrazone groups is 1. The molecule has 0 amide bonds. The summed E-state index contributed by atoms with van der Waals surface area (Å²) in [4.78, 5) is 0. The average Bonchev–Trinajstić information content (AvgIpc) is 2.71. The smallest absolute Gasteiger partial charge is 0.191 e. The van der Waals surface area contributed by atoms with Gasteiger partial charge in [0.05, 0.1) is 6.21 Å². The third-order valence-electron chi connectivity index (χ3n) is 3.87. The van der Waals surface area contributed by atoms with Gasteiger partial charge in [-0.05, 0) is 66.7 Å². The highest BCUT2D eigenvalue weighted by Gasteiger charge is 2.06. The zero-order valence-corrected chi connectivity index (χ0v) is 15.8. The molecule has 3 aromatic carbocycles. The Balaban J connectivity index is 1.50. The number of anilines is 1. The number of thiocarbonyl (C=S) groups is 1. The minimum Gasteiger partial charge on any atom is -0.486 e. The van der Waals surface area contributed by atoms with Crippen LogP contribution in [-0.2, 0) is 0 Å². The van der Waals surface area contributed by atoms with Crippen LogP contribution in [0, 0.1) is 0 Å². The van der Waals surface area contributed by atoms with E-state index in [-0.39, 0.29) is 6.10 Å². The van der Waals surface area contributed by atoms with Crippen LogP contribution in [0.3, 0.4) is 0 Å². The van der Waals surface area contributed by atoms with Gasteiger partial charge in [-0.3, -0.25) is 5.43 Å². The number of nitrogens with one attached hydrogen (secondary N) is 2. The molecule has 3 rings (SSSR count). The monoisotopic (exact) mass is 375 g/mol. The first-order chi connectivity index (χ1) is 13.2. The van der Waals surface area contributed by atoms with E-state index in [0.717, 1.165) is 22.6 Å². The Labute approximate surface area is 164 Å². The summed E-state index contributed by atoms with van der Waals surface area (Å²) < 4.78 is 5.97. The number of nitrogens with zero attached hydrogens (tertiary/aromatic N) is 1. The molecule has 3 aromatic rings. The number of benzene rings is 3. The molecule has 0 spiro atoms. The second-order valence-corrected chi connectivity index (χ2v) is 6.34. The maximum Gasteiger partial charge on any atom is 0.191 e. The van der Waals surface area contributed by atoms with Crippen molar-refractivity contribution >= 4 is 29.2 Å². The number of ether oxygens (including phenoxy) is 1. The van der Waals surface area contributed by atoms with Crippen molar-refractivity contribution < 1.29 is 4.74 Å². The minimum absolute atomic E-state index is 0.00572. The molecule has 2 N–H and O–H groups in total. The van der Waals surface area contributed by atoms with Crippen LogP contribution in [0.4, 0.5) is 5.69 Å². The van der Waals surface area contributed by atoms with E-state index in [1.807, 2.05) is 79.7 Å². The van der Waals surface area contributed by atoms with Crippen molar-refractivity contribution in [2.75, 3.05) is 5.32 Å². The first-order valence-electron chi connectivity index (χ1n) is 8.67. The van der Waals surface area contributed by atoms with Gasteiger partial charge in [-0.15, -0.1) is 0 Å². The van der Waals surface area contributed by atoms with Crippen LogP contribution in [0.1, 0.15) is 24.2 Å². The van der Waals surface area contributed by atoms with Crippen molar-refractivity contribution in [1.29, 1.82) is 0 Å². The fourth-order valence-corrected chi connectivity index (χ4v) is 2.65. The highest BCUT2D eigenvalue weighted by atomic mass is 32.1. The summed E-state index contributed by atoms with van der Waals surface area (Å²) in [6.45, 7) is 2.04. The van der Waals surface area contributed by atoms with E-state index in [1.165, 1.54) is 0 Å². The van der Waals surface area contributed by atoms with Gasteiger partial charge in [-0.1, -0.05) is 48.5 Å². The van der Waals surface area contributed by atoms with Crippen molar-refractivity contribution in [2.24, 2.45) is 5.10 Å². The molecular weight excluding hydrogens is 354 g/mol. The number of hydrogen-bond donors (Lipinski definition) is 2. The van der Waals surface area contributed by atoms with E-state index >= 15 is 0 Å². The molecule has 5 heteroatoms. The van der Waals surface area contributed by atoms with E-state index in [1.54, 1.807) is 6.21 Å². The molecule has 0 unspecified atom stereocenters. The summed E-state index contributed by atoms with van der Waals surface area (Å²) in [5, 5.41) is 7.66. The number of rotatable bonds is 6. The van der Waals surface area contributed by atoms with Gasteiger partial charge in [-0.2, -0.15) is 5.10 Å². The summed E-state index contributed by atoms with van der Waals surface area (Å²) in [5.41, 5.74) is 5.82. The molecule has 0 heterocycles. The molecule has 0 saturated heterocycles. The lowest BCUT2D eigenvalue weighted by molar-refractivity contribution is 0.227. The lowest BCUT2D eigenvalue weighted by Crippen LogP contribution is -2.23. The third-order valence-corrected chi connectivity index (χ3v) is 4.07. The average molecular weight is 375 g/mol. The second-order valence-electron chi connectivity index (χ2n) is 5.93. The van der Waals surface area contributed by atoms with Crippen molar-refractivity contribution in [3.05, 3.63) is 96.1 Å². The second kappa shape index (κ2) is 9.50. The lowest BCUT2D eigenvalue weighted by atomic mass is 10.1. The fourth-order valence-electron chi connectivity index (χ4n) is 2.47. The largest absolute Gasteiger partial charge is 0.486 e. The molecule has 0 radical (unpaired) electrons. The SMILES string of the molecule is C[C@@H](Oc1ccc(/C=N\NC(=S)Nc2ccccc2)cc1)c1ccccc1. The Kier molecular flexibility index (Phi) is 6.55. The van der Waals surface area contributed by atoms with E-state index in [9.17, 15) is 0 Å². The van der Waals surface area contributed by atoms with Crippen LogP contribution >= 0.6 is 12.2 Å². The van der Waals surface area contributed by atoms with Crippen molar-refractivity contribution in [3.8, 4) is 5.75 Å². The molecular formula is C22H21N3OS. The molecule has 27 heavy (non-hydrogen) atoms. The minimum atomic E-state index is -0.00572. The molecule has 0 bridgehead atoms. The molecule has 0 aliphatic carbocycles. The Morgan fingerprint density at radius 2 is 1.56 bits per heavy atom. The standard InChI is InChI=1S/C22H21N3OS/c1-17(19-8-4-2-5-9-19)26-21-14-12-18(13-15-21)16-23-25-22(27)24-20-10-6-3-7-11-20/h2-17H,1H3,(H2,24,25,27)/b23-16-/t17-/m1/s1. The fraction of sp³-hybridized carbons (Fsp3) is 0.0909. The van der Waals surface area contributed by atoms with Crippen molar-refractivity contribution in [1.82, 2.24) is 5.43 Å². The van der Waals surface area contributed by atoms with Gasteiger partial charge in [0.1, 0.15) is 11.9 Å². The van der Waals surface area contributed by atoms with Crippen LogP contribution in [0.5, 0.6) is 5.75 Å². The number of hydrogen-bond acceptors (Lipinski definition) is 3. The van der Waals surface area contributed by atoms with Crippen molar-refractivity contribution in [2.45, 2.75) is 13.0 Å². The van der Waals surface area contributed by atoms with Gasteiger partial charge in [0.25, 0.3) is 0 Å². The van der Waals surface area contributed by atoms with E-state index < -0.39 is 0 Å². The maximum atomic E-state index is 5.97. The maximum absolute atomic E-state index is 5.97. The van der Waals surface area contributed by atoms with Crippen LogP contribution < -0.4 is 15.5 Å². The normalized spacial score (nSPS) is 11.7. The van der Waals surface area contributed by atoms with E-state index in [4.69, 9.17) is 17.0 Å². The molecule has 136 valence electrons. The van der Waals surface area contributed by atoms with Gasteiger partial charge in [0.15, 0.2) is 5.11 Å². The zero-order valence-electron chi connectivity index (χ0n) is 15.0. The first-order valence-corrected chi connectivity index (χ1v) is 9.08. The van der Waals surface area contributed by atoms with Gasteiger partial charge in [0, 0.05) is 5.69 Å². The summed E-state index contributed by atoms with van der Waals surface area (Å²) in [6.07, 6.45) is 1.71. The van der Waals surface area contributed by atoms with Crippen LogP contribution in [-0.4, -0.2) is 11.3 Å². The van der Waals surface area contributed by atoms with Crippen LogP contribution in [0.2, 0.25) is 0 Å². The first kappa shape index (κ1) is 18.6. The van der Waals surface area contributed by atoms with E-state index in [0.29, 0.717) is 5.11 Å². The summed E-state index contributed by atoms with van der Waals surface area (Å²) in [7, 11) is 0. The third kappa shape index (κ3) is 5.94. The predicted molar refractivity (Wildman–Crippen MR) is 115 cm³/mol. The zero-order chi connectivity index (χ0) is 18.9. The Morgan fingerprint density at radius 3 is 2.22 bits per heavy atom. The van der Waals surface area contributed by atoms with Gasteiger partial charge in [0.2, 0.25) is 0 Å². The lowest BCUT2D eigenvalue weighted by Gasteiger charge is -2.15. The van der Waals surface area contributed by atoms with E-state index in [2.05, 4.69) is 28.0 Å². The Bertz CT molecular complexity index is 880. The Morgan fingerprint density at radius 1 is 0.926 bits per heavy atom. The molecule has 0 aliphatic heterocycles. The molecule has 0 saturated carbocycles. The molecule has 0 aliphatic rings. The van der Waals surface area contributed by atoms with Crippen molar-refractivity contribution in [3.63, 3.8) is 0 Å². The quantitative estimate of drug-likeness (QED) is 0.355. The predicted octanol–water partition coefficient (Wildman–Crippen LogP) is 5.15. The van der Waals surface area contributed by atoms with Gasteiger partial charge < -0.3 is 10.1 Å². The highest BCUT2D eigenvalue weighted by molar-refractivity contribution is 7.80. The molecule has 4 nitrogen and oxygen atoms in total. The molecule has 0 aromatic heterocycles. The topological polar surface area (TPSA) is 45.6 Å². The van der Waals surface area contributed by atoms with Gasteiger partial charge in [-0.25, -0.2) is 0 Å². The number of para-hydroxylation sites is 1. The molecule has 0 fully saturated rings. The van der Waals surface area contributed by atoms with Crippen LogP contribution in [0.25, 0.3) is 0 Å². The highest BCUT2D eigenvalue weighted by Crippen LogP contribution is 2.21. The summed E-state index contributed by atoms with van der Waals surface area (Å²) in [5.74, 6) is 0.817. The van der Waals surface area contributed by atoms with Crippen LogP contribution in [0.15, 0.2) is 90.0 Å². The summed E-state index contributed by atoms with van der Waals surface area (Å²) in [6, 6.07) is 27.6. The van der Waals surface area contributed by atoms with Gasteiger partial charge >= 0.3 is 0 Å². The molecule has 1 atom stereocenters. The summed E-state index contributed by atoms with van der Waals surface area (Å²) >= 11 is 5.21. The Hall–Kier alpha value is -3.18.